The van der Waals surface area contributed by atoms with Crippen LogP contribution in [0.3, 0.4) is 0 Å². The molecule has 0 aromatic heterocycles. The van der Waals surface area contributed by atoms with Crippen LogP contribution in [0.25, 0.3) is 0 Å². The average Bonchev–Trinajstić information content (AvgIpc) is 2.72. The first-order valence-electron chi connectivity index (χ1n) is 9.18. The maximum Gasteiger partial charge on any atom is 0.338 e. The van der Waals surface area contributed by atoms with Crippen molar-refractivity contribution >= 4 is 29.2 Å². The molecule has 0 atom stereocenters. The molecule has 0 saturated carbocycles. The molecule has 2 aromatic rings. The van der Waals surface area contributed by atoms with E-state index < -0.39 is 24.0 Å². The number of para-hydroxylation sites is 2. The first-order valence-corrected chi connectivity index (χ1v) is 9.18. The molecule has 8 heteroatoms. The summed E-state index contributed by atoms with van der Waals surface area (Å²) in [4.78, 5) is 39.1. The highest BCUT2D eigenvalue weighted by Gasteiger charge is 2.43. The van der Waals surface area contributed by atoms with E-state index in [-0.39, 0.29) is 11.5 Å². The molecule has 4 rings (SSSR count). The minimum absolute atomic E-state index is 0.248. The van der Waals surface area contributed by atoms with Crippen LogP contribution < -0.4 is 19.7 Å². The first kappa shape index (κ1) is 18.8. The molecule has 8 nitrogen and oxygen atoms in total. The van der Waals surface area contributed by atoms with Gasteiger partial charge in [-0.15, -0.1) is 0 Å². The van der Waals surface area contributed by atoms with Crippen LogP contribution in [-0.4, -0.2) is 43.1 Å². The summed E-state index contributed by atoms with van der Waals surface area (Å²) in [5, 5.41) is 2.79. The standard InChI is InChI=1S/C21H20N2O6/c1-21(2)20(26)22-14-5-3-4-6-15(14)23(21)18(24)12-29-19(25)13-7-8-16-17(11-13)28-10-9-27-16/h3-8,11H,9-10,12H2,1-2H3,(H,22,26). The number of benzene rings is 2. The number of carbonyl (C=O) groups excluding carboxylic acids is 3. The molecular weight excluding hydrogens is 376 g/mol. The highest BCUT2D eigenvalue weighted by Crippen LogP contribution is 2.36. The van der Waals surface area contributed by atoms with Crippen molar-refractivity contribution in [2.24, 2.45) is 0 Å². The third-order valence-corrected chi connectivity index (χ3v) is 4.86. The lowest BCUT2D eigenvalue weighted by atomic mass is 9.96. The molecule has 0 unspecified atom stereocenters. The van der Waals surface area contributed by atoms with E-state index in [0.717, 1.165) is 0 Å². The van der Waals surface area contributed by atoms with Crippen molar-refractivity contribution < 1.29 is 28.6 Å². The Bertz CT molecular complexity index is 1000. The first-order chi connectivity index (χ1) is 13.9. The molecular formula is C21H20N2O6. The van der Waals surface area contributed by atoms with Crippen LogP contribution in [0.4, 0.5) is 11.4 Å². The number of nitrogens with one attached hydrogen (secondary N) is 1. The molecule has 0 radical (unpaired) electrons. The Kier molecular flexibility index (Phi) is 4.62. The van der Waals surface area contributed by atoms with Crippen molar-refractivity contribution in [3.05, 3.63) is 48.0 Å². The van der Waals surface area contributed by atoms with Gasteiger partial charge in [-0.1, -0.05) is 12.1 Å². The molecule has 0 fully saturated rings. The van der Waals surface area contributed by atoms with E-state index in [0.29, 0.717) is 36.1 Å². The fourth-order valence-corrected chi connectivity index (χ4v) is 3.34. The number of hydrogen-bond donors (Lipinski definition) is 1. The summed E-state index contributed by atoms with van der Waals surface area (Å²) in [6, 6.07) is 11.7. The van der Waals surface area contributed by atoms with E-state index in [1.165, 1.54) is 11.0 Å². The quantitative estimate of drug-likeness (QED) is 0.801. The van der Waals surface area contributed by atoms with E-state index in [9.17, 15) is 14.4 Å². The highest BCUT2D eigenvalue weighted by atomic mass is 16.6. The van der Waals surface area contributed by atoms with Gasteiger partial charge in [-0.3, -0.25) is 14.5 Å². The molecule has 0 saturated heterocycles. The Balaban J connectivity index is 1.50. The van der Waals surface area contributed by atoms with Gasteiger partial charge in [0.05, 0.1) is 16.9 Å². The summed E-state index contributed by atoms with van der Waals surface area (Å²) in [7, 11) is 0. The van der Waals surface area contributed by atoms with Gasteiger partial charge in [-0.2, -0.15) is 0 Å². The Morgan fingerprint density at radius 3 is 2.62 bits per heavy atom. The molecule has 1 N–H and O–H groups in total. The monoisotopic (exact) mass is 396 g/mol. The molecule has 2 aliphatic rings. The van der Waals surface area contributed by atoms with Crippen molar-refractivity contribution in [3.8, 4) is 11.5 Å². The van der Waals surface area contributed by atoms with Gasteiger partial charge in [0, 0.05) is 0 Å². The molecule has 2 amide bonds. The van der Waals surface area contributed by atoms with Crippen molar-refractivity contribution in [2.45, 2.75) is 19.4 Å². The van der Waals surface area contributed by atoms with E-state index in [4.69, 9.17) is 14.2 Å². The number of hydrogen-bond acceptors (Lipinski definition) is 6. The van der Waals surface area contributed by atoms with Gasteiger partial charge >= 0.3 is 5.97 Å². The molecule has 2 aliphatic heterocycles. The van der Waals surface area contributed by atoms with Gasteiger partial charge in [0.15, 0.2) is 18.1 Å². The maximum absolute atomic E-state index is 12.9. The van der Waals surface area contributed by atoms with Crippen molar-refractivity contribution in [3.63, 3.8) is 0 Å². The Hall–Kier alpha value is -3.55. The van der Waals surface area contributed by atoms with Gasteiger partial charge in [0.1, 0.15) is 18.8 Å². The number of esters is 1. The van der Waals surface area contributed by atoms with E-state index in [1.54, 1.807) is 50.2 Å². The second kappa shape index (κ2) is 7.12. The Morgan fingerprint density at radius 2 is 1.83 bits per heavy atom. The van der Waals surface area contributed by atoms with Gasteiger partial charge < -0.3 is 19.5 Å². The van der Waals surface area contributed by atoms with Crippen molar-refractivity contribution in [1.82, 2.24) is 0 Å². The molecule has 0 bridgehead atoms. The predicted molar refractivity (Wildman–Crippen MR) is 104 cm³/mol. The summed E-state index contributed by atoms with van der Waals surface area (Å²) in [5.74, 6) is -0.463. The minimum Gasteiger partial charge on any atom is -0.486 e. The van der Waals surface area contributed by atoms with Crippen LogP contribution in [-0.2, 0) is 14.3 Å². The van der Waals surface area contributed by atoms with Crippen LogP contribution >= 0.6 is 0 Å². The van der Waals surface area contributed by atoms with Crippen molar-refractivity contribution in [1.29, 1.82) is 0 Å². The molecule has 2 heterocycles. The summed E-state index contributed by atoms with van der Waals surface area (Å²) in [5.41, 5.74) is 0.202. The number of rotatable bonds is 3. The van der Waals surface area contributed by atoms with E-state index in [2.05, 4.69) is 5.32 Å². The fourth-order valence-electron chi connectivity index (χ4n) is 3.34. The van der Waals surface area contributed by atoms with Gasteiger partial charge in [-0.05, 0) is 44.2 Å². The fraction of sp³-hybridized carbons (Fsp3) is 0.286. The number of amides is 2. The number of fused-ring (bicyclic) bond motifs is 2. The van der Waals surface area contributed by atoms with Gasteiger partial charge in [0.25, 0.3) is 5.91 Å². The normalized spacial score (nSPS) is 16.5. The van der Waals surface area contributed by atoms with Crippen LogP contribution in [0.2, 0.25) is 0 Å². The molecule has 29 heavy (non-hydrogen) atoms. The number of nitrogens with zero attached hydrogens (tertiary/aromatic N) is 1. The number of ether oxygens (including phenoxy) is 3. The Labute approximate surface area is 167 Å². The van der Waals surface area contributed by atoms with Crippen LogP contribution in [0.5, 0.6) is 11.5 Å². The van der Waals surface area contributed by atoms with Crippen LogP contribution in [0, 0.1) is 0 Å². The molecule has 0 aliphatic carbocycles. The summed E-state index contributed by atoms with van der Waals surface area (Å²) < 4.78 is 16.1. The van der Waals surface area contributed by atoms with Crippen LogP contribution in [0.1, 0.15) is 24.2 Å². The highest BCUT2D eigenvalue weighted by molar-refractivity contribution is 6.14. The van der Waals surface area contributed by atoms with E-state index in [1.807, 2.05) is 0 Å². The minimum atomic E-state index is -1.13. The topological polar surface area (TPSA) is 94.2 Å². The van der Waals surface area contributed by atoms with Crippen LogP contribution in [0.15, 0.2) is 42.5 Å². The molecule has 2 aromatic carbocycles. The SMILES string of the molecule is CC1(C)C(=O)Nc2ccccc2N1C(=O)COC(=O)c1ccc2c(c1)OCCO2. The predicted octanol–water partition coefficient (Wildman–Crippen LogP) is 2.38. The summed E-state index contributed by atoms with van der Waals surface area (Å²) in [6.45, 7) is 3.62. The van der Waals surface area contributed by atoms with E-state index >= 15 is 0 Å². The molecule has 150 valence electrons. The lowest BCUT2D eigenvalue weighted by Crippen LogP contribution is -2.59. The second-order valence-electron chi connectivity index (χ2n) is 7.19. The zero-order valence-corrected chi connectivity index (χ0v) is 16.1. The van der Waals surface area contributed by atoms with Crippen molar-refractivity contribution in [2.75, 3.05) is 30.0 Å². The smallest absolute Gasteiger partial charge is 0.338 e. The lowest BCUT2D eigenvalue weighted by Gasteiger charge is -2.41. The van der Waals surface area contributed by atoms with Gasteiger partial charge in [-0.25, -0.2) is 4.79 Å². The Morgan fingerprint density at radius 1 is 1.10 bits per heavy atom. The third kappa shape index (κ3) is 3.37. The summed E-state index contributed by atoms with van der Waals surface area (Å²) >= 11 is 0. The molecule has 0 spiro atoms. The largest absolute Gasteiger partial charge is 0.486 e. The zero-order chi connectivity index (χ0) is 20.6. The maximum atomic E-state index is 12.9. The third-order valence-electron chi connectivity index (χ3n) is 4.86. The second-order valence-corrected chi connectivity index (χ2v) is 7.19. The lowest BCUT2D eigenvalue weighted by molar-refractivity contribution is -0.128. The number of carbonyl (C=O) groups is 3. The zero-order valence-electron chi connectivity index (χ0n) is 16.1. The average molecular weight is 396 g/mol. The van der Waals surface area contributed by atoms with Gasteiger partial charge in [0.2, 0.25) is 5.91 Å². The number of anilines is 2. The summed E-state index contributed by atoms with van der Waals surface area (Å²) in [6.07, 6.45) is 0.